The molecule has 0 saturated heterocycles. The number of nitrogens with two attached hydrogens (primary N) is 1. The fraction of sp³-hybridized carbons (Fsp3) is 0.455. The standard InChI is InChI=1S/C11H13ClFNO.ClH/c12-9-5-7(13)4-8(11(9)15)10(14)6-2-1-3-6;/h4-6,10,15H,1-3,14H2;1H/t10-;/m1./s1. The average molecular weight is 266 g/mol. The van der Waals surface area contributed by atoms with Crippen molar-refractivity contribution in [2.75, 3.05) is 0 Å². The van der Waals surface area contributed by atoms with E-state index in [1.165, 1.54) is 6.07 Å². The van der Waals surface area contributed by atoms with Crippen LogP contribution >= 0.6 is 24.0 Å². The van der Waals surface area contributed by atoms with Crippen molar-refractivity contribution in [3.8, 4) is 5.75 Å². The van der Waals surface area contributed by atoms with Crippen LogP contribution in [0.1, 0.15) is 30.9 Å². The third-order valence-electron chi connectivity index (χ3n) is 3.07. The summed E-state index contributed by atoms with van der Waals surface area (Å²) in [5.41, 5.74) is 6.37. The molecule has 1 aliphatic carbocycles. The number of hydrogen-bond acceptors (Lipinski definition) is 2. The largest absolute Gasteiger partial charge is 0.506 e. The zero-order chi connectivity index (χ0) is 11.0. The molecule has 90 valence electrons. The van der Waals surface area contributed by atoms with Crippen LogP contribution in [-0.2, 0) is 0 Å². The Balaban J connectivity index is 0.00000128. The van der Waals surface area contributed by atoms with E-state index in [0.717, 1.165) is 25.3 Å². The van der Waals surface area contributed by atoms with Gasteiger partial charge in [0, 0.05) is 11.6 Å². The monoisotopic (exact) mass is 265 g/mol. The van der Waals surface area contributed by atoms with Crippen LogP contribution in [0.15, 0.2) is 12.1 Å². The minimum atomic E-state index is -0.456. The summed E-state index contributed by atoms with van der Waals surface area (Å²) in [5.74, 6) is -0.200. The lowest BCUT2D eigenvalue weighted by atomic mass is 9.77. The molecule has 1 fully saturated rings. The van der Waals surface area contributed by atoms with Gasteiger partial charge in [0.05, 0.1) is 5.02 Å². The van der Waals surface area contributed by atoms with E-state index >= 15 is 0 Å². The quantitative estimate of drug-likeness (QED) is 0.861. The van der Waals surface area contributed by atoms with Crippen LogP contribution in [0.4, 0.5) is 4.39 Å². The van der Waals surface area contributed by atoms with Crippen LogP contribution in [-0.4, -0.2) is 5.11 Å². The van der Waals surface area contributed by atoms with E-state index in [4.69, 9.17) is 17.3 Å². The van der Waals surface area contributed by atoms with Crippen LogP contribution in [0.5, 0.6) is 5.75 Å². The fourth-order valence-corrected chi connectivity index (χ4v) is 2.11. The fourth-order valence-electron chi connectivity index (χ4n) is 1.89. The van der Waals surface area contributed by atoms with E-state index in [1.807, 2.05) is 0 Å². The van der Waals surface area contributed by atoms with Gasteiger partial charge in [-0.15, -0.1) is 12.4 Å². The first-order valence-corrected chi connectivity index (χ1v) is 5.41. The maximum Gasteiger partial charge on any atom is 0.139 e. The molecule has 0 radical (unpaired) electrons. The molecule has 1 atom stereocenters. The topological polar surface area (TPSA) is 46.2 Å². The summed E-state index contributed by atoms with van der Waals surface area (Å²) in [6, 6.07) is 2.05. The molecule has 1 aromatic rings. The number of aromatic hydroxyl groups is 1. The molecular formula is C11H14Cl2FNO. The van der Waals surface area contributed by atoms with E-state index in [-0.39, 0.29) is 29.2 Å². The van der Waals surface area contributed by atoms with Gasteiger partial charge < -0.3 is 10.8 Å². The maximum atomic E-state index is 13.1. The molecule has 0 aromatic heterocycles. The summed E-state index contributed by atoms with van der Waals surface area (Å²) in [7, 11) is 0. The smallest absolute Gasteiger partial charge is 0.139 e. The Labute approximate surface area is 105 Å². The van der Waals surface area contributed by atoms with E-state index < -0.39 is 5.82 Å². The lowest BCUT2D eigenvalue weighted by Gasteiger charge is -2.31. The highest BCUT2D eigenvalue weighted by Crippen LogP contribution is 2.41. The van der Waals surface area contributed by atoms with E-state index in [9.17, 15) is 9.50 Å². The maximum absolute atomic E-state index is 13.1. The molecule has 1 saturated carbocycles. The molecule has 0 amide bonds. The Morgan fingerprint density at radius 2 is 2.06 bits per heavy atom. The van der Waals surface area contributed by atoms with Crippen molar-refractivity contribution in [1.82, 2.24) is 0 Å². The lowest BCUT2D eigenvalue weighted by molar-refractivity contribution is 0.260. The van der Waals surface area contributed by atoms with Gasteiger partial charge in [-0.2, -0.15) is 0 Å². The van der Waals surface area contributed by atoms with Crippen molar-refractivity contribution in [2.45, 2.75) is 25.3 Å². The molecule has 5 heteroatoms. The van der Waals surface area contributed by atoms with Crippen LogP contribution in [0, 0.1) is 11.7 Å². The van der Waals surface area contributed by atoms with Gasteiger partial charge in [-0.1, -0.05) is 18.0 Å². The van der Waals surface area contributed by atoms with Crippen molar-refractivity contribution >= 4 is 24.0 Å². The molecule has 0 unspecified atom stereocenters. The summed E-state index contributed by atoms with van der Waals surface area (Å²) in [4.78, 5) is 0. The second-order valence-corrected chi connectivity index (χ2v) is 4.45. The number of phenolic OH excluding ortho intramolecular Hbond substituents is 1. The van der Waals surface area contributed by atoms with Crippen LogP contribution in [0.25, 0.3) is 0 Å². The second kappa shape index (κ2) is 5.21. The molecule has 0 spiro atoms. The molecule has 1 aliphatic rings. The first kappa shape index (κ1) is 13.6. The third kappa shape index (κ3) is 2.42. The Kier molecular flexibility index (Phi) is 4.42. The summed E-state index contributed by atoms with van der Waals surface area (Å²) in [6.07, 6.45) is 3.23. The van der Waals surface area contributed by atoms with Crippen molar-refractivity contribution in [3.05, 3.63) is 28.5 Å². The molecular weight excluding hydrogens is 252 g/mol. The minimum Gasteiger partial charge on any atom is -0.506 e. The molecule has 0 heterocycles. The van der Waals surface area contributed by atoms with Gasteiger partial charge in [-0.25, -0.2) is 4.39 Å². The number of benzene rings is 1. The van der Waals surface area contributed by atoms with Gasteiger partial charge in [-0.3, -0.25) is 0 Å². The lowest BCUT2D eigenvalue weighted by Crippen LogP contribution is -2.27. The summed E-state index contributed by atoms with van der Waals surface area (Å²) in [6.45, 7) is 0. The minimum absolute atomic E-state index is 0. The highest BCUT2D eigenvalue weighted by atomic mass is 35.5. The van der Waals surface area contributed by atoms with Crippen molar-refractivity contribution in [1.29, 1.82) is 0 Å². The summed E-state index contributed by atoms with van der Waals surface area (Å²) < 4.78 is 13.1. The Hall–Kier alpha value is -0.510. The first-order valence-electron chi connectivity index (χ1n) is 5.03. The third-order valence-corrected chi connectivity index (χ3v) is 3.36. The molecule has 3 N–H and O–H groups in total. The Bertz CT molecular complexity index is 382. The highest BCUT2D eigenvalue weighted by molar-refractivity contribution is 6.32. The molecule has 16 heavy (non-hydrogen) atoms. The highest BCUT2D eigenvalue weighted by Gasteiger charge is 2.28. The molecule has 2 nitrogen and oxygen atoms in total. The first-order chi connectivity index (χ1) is 7.09. The predicted molar refractivity (Wildman–Crippen MR) is 64.6 cm³/mol. The number of rotatable bonds is 2. The van der Waals surface area contributed by atoms with Crippen molar-refractivity contribution in [2.24, 2.45) is 11.7 Å². The van der Waals surface area contributed by atoms with Crippen LogP contribution < -0.4 is 5.73 Å². The number of hydrogen-bond donors (Lipinski definition) is 2. The van der Waals surface area contributed by atoms with Crippen molar-refractivity contribution < 1.29 is 9.50 Å². The Morgan fingerprint density at radius 3 is 2.56 bits per heavy atom. The van der Waals surface area contributed by atoms with Gasteiger partial charge >= 0.3 is 0 Å². The number of phenols is 1. The van der Waals surface area contributed by atoms with Gasteiger partial charge in [-0.05, 0) is 30.9 Å². The zero-order valence-corrected chi connectivity index (χ0v) is 10.2. The van der Waals surface area contributed by atoms with Gasteiger partial charge in [0.25, 0.3) is 0 Å². The number of halogens is 3. The molecule has 2 rings (SSSR count). The van der Waals surface area contributed by atoms with Gasteiger partial charge in [0.1, 0.15) is 11.6 Å². The SMILES string of the molecule is Cl.N[C@@H](c1cc(F)cc(Cl)c1O)C1CCC1. The molecule has 0 aliphatic heterocycles. The van der Waals surface area contributed by atoms with E-state index in [2.05, 4.69) is 0 Å². The normalized spacial score (nSPS) is 17.4. The van der Waals surface area contributed by atoms with Crippen molar-refractivity contribution in [3.63, 3.8) is 0 Å². The predicted octanol–water partition coefficient (Wildman–Crippen LogP) is 3.41. The van der Waals surface area contributed by atoms with E-state index in [0.29, 0.717) is 11.5 Å². The Morgan fingerprint density at radius 1 is 1.44 bits per heavy atom. The van der Waals surface area contributed by atoms with Crippen LogP contribution in [0.2, 0.25) is 5.02 Å². The van der Waals surface area contributed by atoms with Crippen LogP contribution in [0.3, 0.4) is 0 Å². The molecule has 0 bridgehead atoms. The second-order valence-electron chi connectivity index (χ2n) is 4.04. The zero-order valence-electron chi connectivity index (χ0n) is 8.62. The summed E-state index contributed by atoms with van der Waals surface area (Å²) >= 11 is 5.68. The average Bonchev–Trinajstić information content (AvgIpc) is 2.08. The van der Waals surface area contributed by atoms with E-state index in [1.54, 1.807) is 0 Å². The van der Waals surface area contributed by atoms with Gasteiger partial charge in [0.15, 0.2) is 0 Å². The van der Waals surface area contributed by atoms with Gasteiger partial charge in [0.2, 0.25) is 0 Å². The summed E-state index contributed by atoms with van der Waals surface area (Å²) in [5, 5.41) is 9.71. The molecule has 1 aromatic carbocycles.